The Kier molecular flexibility index (Phi) is 2.81. The summed E-state index contributed by atoms with van der Waals surface area (Å²) in [6.07, 6.45) is 3.58. The highest BCUT2D eigenvalue weighted by atomic mass is 16.7. The Hall–Kier alpha value is -1.36. The summed E-state index contributed by atoms with van der Waals surface area (Å²) in [4.78, 5) is 23.0. The van der Waals surface area contributed by atoms with Crippen molar-refractivity contribution in [2.24, 2.45) is 17.8 Å². The molecule has 5 nitrogen and oxygen atoms in total. The second-order valence-corrected chi connectivity index (χ2v) is 7.40. The van der Waals surface area contributed by atoms with E-state index < -0.39 is 0 Å². The number of carbonyl (C=O) groups excluding carboxylic acids is 2. The van der Waals surface area contributed by atoms with E-state index in [-0.39, 0.29) is 35.2 Å². The first kappa shape index (κ1) is 14.2. The predicted molar refractivity (Wildman–Crippen MR) is 76.8 cm³/mol. The van der Waals surface area contributed by atoms with Crippen molar-refractivity contribution in [2.75, 3.05) is 6.61 Å². The van der Waals surface area contributed by atoms with Gasteiger partial charge in [-0.3, -0.25) is 4.79 Å². The zero-order valence-corrected chi connectivity index (χ0v) is 13.1. The molecule has 0 aromatic rings. The molecular weight excluding hydrogens is 284 g/mol. The van der Waals surface area contributed by atoms with Crippen molar-refractivity contribution in [1.82, 2.24) is 0 Å². The van der Waals surface area contributed by atoms with Crippen molar-refractivity contribution in [3.05, 3.63) is 12.2 Å². The number of carbonyl (C=O) groups is 2. The Labute approximate surface area is 130 Å². The van der Waals surface area contributed by atoms with Gasteiger partial charge in [0.2, 0.25) is 0 Å². The van der Waals surface area contributed by atoms with Gasteiger partial charge in [0.25, 0.3) is 0 Å². The van der Waals surface area contributed by atoms with Crippen molar-refractivity contribution >= 4 is 11.9 Å². The molecule has 2 heterocycles. The number of ether oxygens (including phenoxy) is 3. The molecular formula is C17H22O5. The number of rotatable bonds is 2. The van der Waals surface area contributed by atoms with Gasteiger partial charge in [-0.05, 0) is 37.5 Å². The zero-order chi connectivity index (χ0) is 15.7. The third kappa shape index (κ3) is 1.69. The normalized spacial score (nSPS) is 48.8. The fourth-order valence-electron chi connectivity index (χ4n) is 5.18. The molecule has 0 amide bonds. The molecule has 0 aromatic carbocycles. The molecule has 6 atom stereocenters. The molecule has 2 aliphatic carbocycles. The number of hydrogen-bond acceptors (Lipinski definition) is 5. The average molecular weight is 306 g/mol. The van der Waals surface area contributed by atoms with Crippen LogP contribution in [0, 0.1) is 17.8 Å². The minimum absolute atomic E-state index is 0.0391. The first-order valence-corrected chi connectivity index (χ1v) is 8.12. The van der Waals surface area contributed by atoms with Gasteiger partial charge >= 0.3 is 11.9 Å². The molecule has 2 saturated heterocycles. The molecule has 120 valence electrons. The molecule has 5 heteroatoms. The third-order valence-electron chi connectivity index (χ3n) is 6.30. The molecule has 0 radical (unpaired) electrons. The molecule has 4 fully saturated rings. The summed E-state index contributed by atoms with van der Waals surface area (Å²) in [5.41, 5.74) is -0.0348. The quantitative estimate of drug-likeness (QED) is 0.443. The summed E-state index contributed by atoms with van der Waals surface area (Å²) in [7, 11) is 0. The molecule has 2 aliphatic heterocycles. The number of fused-ring (bicyclic) bond motifs is 1. The largest absolute Gasteiger partial charge is 0.463 e. The molecule has 0 aromatic heterocycles. The van der Waals surface area contributed by atoms with Gasteiger partial charge in [-0.15, -0.1) is 0 Å². The van der Waals surface area contributed by atoms with E-state index in [9.17, 15) is 9.59 Å². The van der Waals surface area contributed by atoms with E-state index in [1.54, 1.807) is 0 Å². The topological polar surface area (TPSA) is 65.1 Å². The third-order valence-corrected chi connectivity index (χ3v) is 6.30. The maximum Gasteiger partial charge on any atom is 0.334 e. The predicted octanol–water partition coefficient (Wildman–Crippen LogP) is 2.00. The van der Waals surface area contributed by atoms with Gasteiger partial charge in [0.05, 0.1) is 0 Å². The first-order valence-electron chi connectivity index (χ1n) is 8.12. The summed E-state index contributed by atoms with van der Waals surface area (Å²) < 4.78 is 17.0. The fourth-order valence-corrected chi connectivity index (χ4v) is 5.18. The van der Waals surface area contributed by atoms with E-state index in [4.69, 9.17) is 14.2 Å². The molecule has 0 N–H and O–H groups in total. The molecule has 0 bridgehead atoms. The van der Waals surface area contributed by atoms with Gasteiger partial charge in [-0.2, -0.15) is 0 Å². The van der Waals surface area contributed by atoms with Crippen molar-refractivity contribution in [3.8, 4) is 0 Å². The maximum atomic E-state index is 11.8. The van der Waals surface area contributed by atoms with Crippen LogP contribution >= 0.6 is 0 Å². The van der Waals surface area contributed by atoms with E-state index in [0.717, 1.165) is 25.7 Å². The summed E-state index contributed by atoms with van der Waals surface area (Å²) in [6, 6.07) is 0. The Morgan fingerprint density at radius 2 is 2.27 bits per heavy atom. The highest BCUT2D eigenvalue weighted by molar-refractivity contribution is 5.90. The van der Waals surface area contributed by atoms with E-state index in [0.29, 0.717) is 24.0 Å². The SMILES string of the molecule is C=C1C(=O)OC2CC(C)C3CCC4(COC(C)=O)OC34CC12. The van der Waals surface area contributed by atoms with E-state index in [1.807, 2.05) is 0 Å². The molecule has 6 unspecified atom stereocenters. The lowest BCUT2D eigenvalue weighted by Crippen LogP contribution is -2.33. The van der Waals surface area contributed by atoms with Crippen molar-refractivity contribution in [1.29, 1.82) is 0 Å². The molecule has 4 aliphatic rings. The molecule has 2 saturated carbocycles. The highest BCUT2D eigenvalue weighted by Crippen LogP contribution is 2.69. The van der Waals surface area contributed by atoms with E-state index in [1.165, 1.54) is 6.92 Å². The average Bonchev–Trinajstić information content (AvgIpc) is 2.92. The summed E-state index contributed by atoms with van der Waals surface area (Å²) in [5, 5.41) is 0. The van der Waals surface area contributed by atoms with Gasteiger partial charge < -0.3 is 14.2 Å². The molecule has 4 rings (SSSR count). The van der Waals surface area contributed by atoms with Crippen LogP contribution in [0.2, 0.25) is 0 Å². The lowest BCUT2D eigenvalue weighted by molar-refractivity contribution is -0.143. The highest BCUT2D eigenvalue weighted by Gasteiger charge is 2.79. The van der Waals surface area contributed by atoms with Gasteiger partial charge in [0.15, 0.2) is 0 Å². The van der Waals surface area contributed by atoms with Crippen LogP contribution in [0.4, 0.5) is 0 Å². The summed E-state index contributed by atoms with van der Waals surface area (Å²) >= 11 is 0. The van der Waals surface area contributed by atoms with Gasteiger partial charge in [0.1, 0.15) is 23.9 Å². The molecule has 1 spiro atoms. The van der Waals surface area contributed by atoms with Crippen LogP contribution in [0.3, 0.4) is 0 Å². The summed E-state index contributed by atoms with van der Waals surface area (Å²) in [6.45, 7) is 7.90. The van der Waals surface area contributed by atoms with Crippen molar-refractivity contribution in [3.63, 3.8) is 0 Å². The summed E-state index contributed by atoms with van der Waals surface area (Å²) in [5.74, 6) is 0.376. The lowest BCUT2D eigenvalue weighted by atomic mass is 9.78. The first-order chi connectivity index (χ1) is 10.4. The number of hydrogen-bond donors (Lipinski definition) is 0. The second kappa shape index (κ2) is 4.34. The Balaban J connectivity index is 1.63. The van der Waals surface area contributed by atoms with E-state index in [2.05, 4.69) is 13.5 Å². The number of esters is 2. The fraction of sp³-hybridized carbons (Fsp3) is 0.765. The Morgan fingerprint density at radius 1 is 1.50 bits per heavy atom. The van der Waals surface area contributed by atoms with Crippen LogP contribution in [-0.4, -0.2) is 35.9 Å². The van der Waals surface area contributed by atoms with Gasteiger partial charge in [-0.1, -0.05) is 13.5 Å². The van der Waals surface area contributed by atoms with Crippen LogP contribution in [0.1, 0.15) is 39.5 Å². The Bertz CT molecular complexity index is 569. The maximum absolute atomic E-state index is 11.8. The van der Waals surface area contributed by atoms with Crippen LogP contribution < -0.4 is 0 Å². The van der Waals surface area contributed by atoms with Gasteiger partial charge in [-0.25, -0.2) is 4.79 Å². The standard InChI is InChI=1S/C17H22O5/c1-9-6-14-12(10(2)15(19)21-14)7-17-13(9)4-5-16(17,22-17)8-20-11(3)18/h9,12-14H,2,4-8H2,1,3H3. The monoisotopic (exact) mass is 306 g/mol. The van der Waals surface area contributed by atoms with Crippen molar-refractivity contribution < 1.29 is 23.8 Å². The minimum atomic E-state index is -0.349. The van der Waals surface area contributed by atoms with Crippen LogP contribution in [-0.2, 0) is 23.8 Å². The second-order valence-electron chi connectivity index (χ2n) is 7.40. The molecule has 22 heavy (non-hydrogen) atoms. The van der Waals surface area contributed by atoms with Crippen LogP contribution in [0.25, 0.3) is 0 Å². The minimum Gasteiger partial charge on any atom is -0.463 e. The lowest BCUT2D eigenvalue weighted by Gasteiger charge is -2.24. The van der Waals surface area contributed by atoms with Gasteiger partial charge in [0, 0.05) is 18.4 Å². The van der Waals surface area contributed by atoms with Crippen LogP contribution in [0.15, 0.2) is 12.2 Å². The van der Waals surface area contributed by atoms with Crippen LogP contribution in [0.5, 0.6) is 0 Å². The smallest absolute Gasteiger partial charge is 0.334 e. The number of epoxide rings is 1. The van der Waals surface area contributed by atoms with E-state index >= 15 is 0 Å². The van der Waals surface area contributed by atoms with Crippen molar-refractivity contribution in [2.45, 2.75) is 56.8 Å². The zero-order valence-electron chi connectivity index (χ0n) is 13.1. The Morgan fingerprint density at radius 3 is 3.00 bits per heavy atom.